The van der Waals surface area contributed by atoms with Gasteiger partial charge in [-0.3, -0.25) is 67.1 Å². The zero-order valence-corrected chi connectivity index (χ0v) is 57.6. The van der Waals surface area contributed by atoms with Crippen molar-refractivity contribution < 1.29 is 72.2 Å². The van der Waals surface area contributed by atoms with Crippen LogP contribution in [-0.4, -0.2) is 166 Å². The Kier molecular flexibility index (Phi) is 34.9. The molecule has 0 aromatic heterocycles. The highest BCUT2D eigenvalue weighted by atomic mass is 32.2. The van der Waals surface area contributed by atoms with Gasteiger partial charge in [0, 0.05) is 44.9 Å². The van der Waals surface area contributed by atoms with E-state index in [1.807, 2.05) is 13.8 Å². The number of primary amides is 3. The van der Waals surface area contributed by atoms with Gasteiger partial charge in [-0.05, 0) is 84.9 Å². The van der Waals surface area contributed by atoms with E-state index in [0.29, 0.717) is 22.3 Å². The van der Waals surface area contributed by atoms with Crippen molar-refractivity contribution in [3.8, 4) is 5.75 Å². The molecule has 0 unspecified atom stereocenters. The zero-order valence-electron chi connectivity index (χ0n) is 56.8. The largest absolute Gasteiger partial charge is 0.508 e. The van der Waals surface area contributed by atoms with Gasteiger partial charge in [-0.2, -0.15) is 0 Å². The first-order valence-corrected chi connectivity index (χ1v) is 33.8. The fraction of sp³-hybridized carbons (Fsp3) is 0.449. The van der Waals surface area contributed by atoms with Crippen LogP contribution in [0.1, 0.15) is 102 Å². The van der Waals surface area contributed by atoms with Gasteiger partial charge in [-0.1, -0.05) is 143 Å². The Morgan fingerprint density at radius 1 is 0.430 bits per heavy atom. The van der Waals surface area contributed by atoms with Crippen LogP contribution in [0.2, 0.25) is 0 Å². The fourth-order valence-electron chi connectivity index (χ4n) is 10.3. The Morgan fingerprint density at radius 2 is 0.800 bits per heavy atom. The topological polar surface area (TPSA) is 510 Å². The van der Waals surface area contributed by atoms with Crippen LogP contribution < -0.4 is 81.8 Å². The molecule has 0 saturated carbocycles. The van der Waals surface area contributed by atoms with Crippen molar-refractivity contribution in [1.82, 2.24) is 53.2 Å². The average molecular weight is 1410 g/mol. The summed E-state index contributed by atoms with van der Waals surface area (Å²) in [6, 6.07) is 15.9. The lowest BCUT2D eigenvalue weighted by molar-refractivity contribution is -0.137. The molecule has 31 heteroatoms. The van der Waals surface area contributed by atoms with Crippen molar-refractivity contribution in [1.29, 1.82) is 0 Å². The molecule has 0 aliphatic carbocycles. The number of carbonyl (C=O) groups is 14. The first-order valence-electron chi connectivity index (χ1n) is 32.8. The summed E-state index contributed by atoms with van der Waals surface area (Å²) >= 11 is 0.921. The number of aromatic hydroxyl groups is 1. The van der Waals surface area contributed by atoms with E-state index >= 15 is 0 Å². The maximum Gasteiger partial charge on any atom is 0.243 e. The summed E-state index contributed by atoms with van der Waals surface area (Å²) in [4.78, 5) is 192. The third kappa shape index (κ3) is 30.2. The minimum absolute atomic E-state index is 0.0218. The van der Waals surface area contributed by atoms with E-state index in [2.05, 4.69) is 53.2 Å². The first-order chi connectivity index (χ1) is 47.4. The molecule has 4 aromatic rings. The highest BCUT2D eigenvalue weighted by molar-refractivity contribution is 8.13. The van der Waals surface area contributed by atoms with Crippen molar-refractivity contribution >= 4 is 93.7 Å². The van der Waals surface area contributed by atoms with E-state index in [9.17, 15) is 72.2 Å². The summed E-state index contributed by atoms with van der Waals surface area (Å²) in [5.74, 6) is -12.8. The highest BCUT2D eigenvalue weighted by Gasteiger charge is 2.38. The van der Waals surface area contributed by atoms with Gasteiger partial charge in [0.25, 0.3) is 0 Å². The molecule has 0 radical (unpaired) electrons. The Hall–Kier alpha value is -10.3. The molecule has 0 aliphatic heterocycles. The molecular weight excluding hydrogens is 1310 g/mol. The van der Waals surface area contributed by atoms with Crippen LogP contribution in [0, 0.1) is 11.8 Å². The van der Waals surface area contributed by atoms with E-state index in [1.165, 1.54) is 31.2 Å². The van der Waals surface area contributed by atoms with Gasteiger partial charge >= 0.3 is 0 Å². The number of hydrogen-bond donors (Lipinski definition) is 16. The van der Waals surface area contributed by atoms with Crippen molar-refractivity contribution in [3.05, 3.63) is 138 Å². The highest BCUT2D eigenvalue weighted by Crippen LogP contribution is 2.17. The second-order valence-electron chi connectivity index (χ2n) is 24.8. The summed E-state index contributed by atoms with van der Waals surface area (Å²) < 4.78 is 0. The van der Waals surface area contributed by atoms with Crippen LogP contribution in [-0.2, 0) is 92.8 Å². The second-order valence-corrected chi connectivity index (χ2v) is 25.9. The minimum atomic E-state index is -1.92. The van der Waals surface area contributed by atoms with E-state index in [4.69, 9.17) is 28.7 Å². The number of benzene rings is 4. The molecule has 0 aliphatic rings. The van der Waals surface area contributed by atoms with Crippen molar-refractivity contribution in [3.63, 3.8) is 0 Å². The van der Waals surface area contributed by atoms with Crippen LogP contribution in [0.4, 0.5) is 0 Å². The Bertz CT molecular complexity index is 3430. The first kappa shape index (κ1) is 82.2. The van der Waals surface area contributed by atoms with Gasteiger partial charge in [0.1, 0.15) is 54.1 Å². The molecule has 542 valence electrons. The third-order valence-corrected chi connectivity index (χ3v) is 16.4. The van der Waals surface area contributed by atoms with Crippen LogP contribution in [0.3, 0.4) is 0 Å². The van der Waals surface area contributed by atoms with Gasteiger partial charge in [0.2, 0.25) is 81.9 Å². The van der Waals surface area contributed by atoms with E-state index in [1.54, 1.807) is 105 Å². The summed E-state index contributed by atoms with van der Waals surface area (Å²) in [5, 5.41) is 35.6. The molecule has 0 fully saturated rings. The SMILES string of the molecule is CC(=O)NCCSC(=O)[C@H](CC(C)C)NC(=O)[C@H](CCCN)NC(=O)[C@@H](NC(=O)[C@H](Cc1ccc(O)cc1)NC(=O)[C@H](CCC(N)=O)NC(=O)[C@H](CC(N)=O)NC(=O)[C@@H](Cc1ccccc1)NC(=O)[C@H](Cc1ccccc1)NC(=O)[C@H](CC(N)=O)NC(=O)[C@H](N)Cc1ccccc1)C(C)C. The summed E-state index contributed by atoms with van der Waals surface area (Å²) in [5.41, 5.74) is 30.8. The number of carbonyl (C=O) groups excluding carboxylic acids is 14. The predicted molar refractivity (Wildman–Crippen MR) is 372 cm³/mol. The molecule has 30 nitrogen and oxygen atoms in total. The molecule has 4 rings (SSSR count). The Labute approximate surface area is 584 Å². The van der Waals surface area contributed by atoms with Gasteiger partial charge in [-0.15, -0.1) is 0 Å². The van der Waals surface area contributed by atoms with Gasteiger partial charge in [0.15, 0.2) is 0 Å². The van der Waals surface area contributed by atoms with Crippen molar-refractivity contribution in [2.45, 2.75) is 166 Å². The molecule has 0 bridgehead atoms. The zero-order chi connectivity index (χ0) is 74.0. The van der Waals surface area contributed by atoms with E-state index in [-0.39, 0.29) is 86.5 Å². The lowest BCUT2D eigenvalue weighted by atomic mass is 9.99. The number of hydrogen-bond acceptors (Lipinski definition) is 18. The fourth-order valence-corrected chi connectivity index (χ4v) is 11.0. The average Bonchev–Trinajstić information content (AvgIpc) is 0.857. The molecular formula is C69H95N15O15S. The number of phenols is 1. The molecule has 0 saturated heterocycles. The van der Waals surface area contributed by atoms with Crippen LogP contribution in [0.5, 0.6) is 5.75 Å². The molecule has 13 amide bonds. The third-order valence-electron chi connectivity index (χ3n) is 15.5. The number of amides is 13. The predicted octanol–water partition coefficient (Wildman–Crippen LogP) is -1.79. The van der Waals surface area contributed by atoms with Crippen LogP contribution >= 0.6 is 11.8 Å². The summed E-state index contributed by atoms with van der Waals surface area (Å²) in [6.07, 6.45) is -2.97. The maximum absolute atomic E-state index is 14.7. The Balaban J connectivity index is 1.65. The maximum atomic E-state index is 14.7. The monoisotopic (exact) mass is 1410 g/mol. The quantitative estimate of drug-likeness (QED) is 0.0218. The molecule has 21 N–H and O–H groups in total. The number of phenolic OH excluding ortho intramolecular Hbond substituents is 1. The minimum Gasteiger partial charge on any atom is -0.508 e. The van der Waals surface area contributed by atoms with Crippen LogP contribution in [0.15, 0.2) is 115 Å². The van der Waals surface area contributed by atoms with E-state index < -0.39 is 163 Å². The molecule has 100 heavy (non-hydrogen) atoms. The molecule has 0 spiro atoms. The molecule has 10 atom stereocenters. The van der Waals surface area contributed by atoms with Gasteiger partial charge in [0.05, 0.1) is 24.9 Å². The van der Waals surface area contributed by atoms with Gasteiger partial charge < -0.3 is 86.9 Å². The normalized spacial score (nSPS) is 14.1. The van der Waals surface area contributed by atoms with E-state index in [0.717, 1.165) is 11.8 Å². The van der Waals surface area contributed by atoms with Gasteiger partial charge in [-0.25, -0.2) is 0 Å². The number of rotatable bonds is 43. The number of thioether (sulfide) groups is 1. The summed E-state index contributed by atoms with van der Waals surface area (Å²) in [6.45, 7) is 8.57. The Morgan fingerprint density at radius 3 is 1.22 bits per heavy atom. The molecule has 0 heterocycles. The lowest BCUT2D eigenvalue weighted by Gasteiger charge is -2.29. The standard InChI is InChI=1S/C69H95N15O15S/c1-39(2)32-55(69(99)100-31-30-75-41(5)85)83-61(91)48(22-15-29-70)77-68(98)59(40(3)4)84-67(97)52(36-45-23-25-46(86)26-24-45)79-62(92)49(27-28-56(72)87)76-65(95)54(38-58(74)89)82-64(94)51(35-44-20-13-8-14-21-44)80-63(93)50(34-43-18-11-7-12-19-43)81-66(96)53(37-57(73)88)78-60(90)47(71)33-42-16-9-6-10-17-42/h6-14,16-21,23-26,39-40,47-55,59,86H,15,22,27-38,70-71H2,1-5H3,(H2,72,87)(H2,73,88)(H2,74,89)(H,75,85)(H,76,95)(H,77,98)(H,78,90)(H,79,92)(H,80,93)(H,81,96)(H,82,94)(H,83,91)(H,84,97)/t47-,48+,49+,50+,51-,52+,53+,54+,55+,59+/m1/s1. The smallest absolute Gasteiger partial charge is 0.243 e. The molecule has 4 aromatic carbocycles. The van der Waals surface area contributed by atoms with Crippen molar-refractivity contribution in [2.24, 2.45) is 40.5 Å². The number of nitrogens with one attached hydrogen (secondary N) is 10. The van der Waals surface area contributed by atoms with Crippen LogP contribution in [0.25, 0.3) is 0 Å². The number of nitrogens with two attached hydrogens (primary N) is 5. The lowest BCUT2D eigenvalue weighted by Crippen LogP contribution is -2.62. The summed E-state index contributed by atoms with van der Waals surface area (Å²) in [7, 11) is 0. The second kappa shape index (κ2) is 42.5. The van der Waals surface area contributed by atoms with Crippen molar-refractivity contribution in [2.75, 3.05) is 18.8 Å².